The van der Waals surface area contributed by atoms with Crippen molar-refractivity contribution in [3.05, 3.63) is 0 Å². The Kier molecular flexibility index (Phi) is 4.55. The number of carboxylic acids is 1. The number of likely N-dealkylation sites (tertiary alicyclic amines) is 1. The molecule has 20 heavy (non-hydrogen) atoms. The van der Waals surface area contributed by atoms with E-state index in [1.54, 1.807) is 0 Å². The highest BCUT2D eigenvalue weighted by atomic mass is 16.4. The quantitative estimate of drug-likeness (QED) is 0.835. The van der Waals surface area contributed by atoms with Crippen LogP contribution in [0.2, 0.25) is 0 Å². The van der Waals surface area contributed by atoms with Crippen molar-refractivity contribution >= 4 is 12.0 Å². The third-order valence-corrected chi connectivity index (χ3v) is 4.78. The van der Waals surface area contributed by atoms with Crippen LogP contribution in [0, 0.1) is 11.3 Å². The van der Waals surface area contributed by atoms with Crippen molar-refractivity contribution in [3.63, 3.8) is 0 Å². The number of aliphatic carboxylic acids is 1. The fraction of sp³-hybridized carbons (Fsp3) is 0.867. The van der Waals surface area contributed by atoms with Crippen molar-refractivity contribution in [2.75, 3.05) is 13.1 Å². The molecule has 114 valence electrons. The zero-order valence-electron chi connectivity index (χ0n) is 12.5. The lowest BCUT2D eigenvalue weighted by Gasteiger charge is -2.43. The molecule has 2 fully saturated rings. The summed E-state index contributed by atoms with van der Waals surface area (Å²) in [6, 6.07) is -0.933. The van der Waals surface area contributed by atoms with Gasteiger partial charge in [0, 0.05) is 13.1 Å². The van der Waals surface area contributed by atoms with Crippen LogP contribution in [-0.2, 0) is 4.79 Å². The van der Waals surface area contributed by atoms with Gasteiger partial charge in [0.15, 0.2) is 0 Å². The van der Waals surface area contributed by atoms with Gasteiger partial charge in [-0.1, -0.05) is 26.7 Å². The fourth-order valence-electron chi connectivity index (χ4n) is 3.63. The van der Waals surface area contributed by atoms with Crippen LogP contribution in [0.1, 0.15) is 52.4 Å². The van der Waals surface area contributed by atoms with E-state index in [4.69, 9.17) is 0 Å². The Bertz CT molecular complexity index is 375. The number of hydrogen-bond acceptors (Lipinski definition) is 2. The van der Waals surface area contributed by atoms with Gasteiger partial charge in [0.2, 0.25) is 0 Å². The number of carboxylic acid groups (broad SMARTS) is 1. The molecule has 1 heterocycles. The number of carbonyl (C=O) groups is 2. The minimum absolute atomic E-state index is 0.211. The highest BCUT2D eigenvalue weighted by Crippen LogP contribution is 2.35. The van der Waals surface area contributed by atoms with E-state index < -0.39 is 12.0 Å². The Morgan fingerprint density at radius 3 is 2.50 bits per heavy atom. The second-order valence-electron chi connectivity index (χ2n) is 6.86. The third-order valence-electron chi connectivity index (χ3n) is 4.78. The van der Waals surface area contributed by atoms with Gasteiger partial charge in [-0.3, -0.25) is 0 Å². The van der Waals surface area contributed by atoms with Crippen molar-refractivity contribution < 1.29 is 14.7 Å². The molecule has 2 amide bonds. The number of urea groups is 1. The predicted octanol–water partition coefficient (Wildman–Crippen LogP) is 2.46. The van der Waals surface area contributed by atoms with Crippen LogP contribution in [0.4, 0.5) is 4.79 Å². The molecule has 2 rings (SSSR count). The summed E-state index contributed by atoms with van der Waals surface area (Å²) in [6.45, 7) is 5.09. The van der Waals surface area contributed by atoms with Crippen molar-refractivity contribution in [2.45, 2.75) is 58.4 Å². The van der Waals surface area contributed by atoms with E-state index in [0.29, 0.717) is 19.0 Å². The Balaban J connectivity index is 1.97. The Hall–Kier alpha value is -1.26. The van der Waals surface area contributed by atoms with E-state index in [2.05, 4.69) is 5.32 Å². The summed E-state index contributed by atoms with van der Waals surface area (Å²) in [5, 5.41) is 12.4. The van der Waals surface area contributed by atoms with Gasteiger partial charge in [0.05, 0.1) is 0 Å². The van der Waals surface area contributed by atoms with Crippen LogP contribution >= 0.6 is 0 Å². The number of nitrogens with one attached hydrogen (secondary N) is 1. The molecule has 0 aromatic carbocycles. The molecule has 0 aromatic rings. The molecule has 1 saturated carbocycles. The van der Waals surface area contributed by atoms with Crippen molar-refractivity contribution in [1.29, 1.82) is 0 Å². The third kappa shape index (κ3) is 3.25. The van der Waals surface area contributed by atoms with Gasteiger partial charge >= 0.3 is 12.0 Å². The molecule has 1 atom stereocenters. The summed E-state index contributed by atoms with van der Waals surface area (Å²) >= 11 is 0. The summed E-state index contributed by atoms with van der Waals surface area (Å²) in [7, 11) is 0. The number of piperidine rings is 1. The van der Waals surface area contributed by atoms with Gasteiger partial charge in [0.25, 0.3) is 0 Å². The van der Waals surface area contributed by atoms with Gasteiger partial charge in [-0.25, -0.2) is 9.59 Å². The summed E-state index contributed by atoms with van der Waals surface area (Å²) in [6.07, 6.45) is 6.55. The summed E-state index contributed by atoms with van der Waals surface area (Å²) in [5.41, 5.74) is -0.366. The Labute approximate surface area is 120 Å². The smallest absolute Gasteiger partial charge is 0.327 e. The molecule has 0 aromatic heterocycles. The van der Waals surface area contributed by atoms with Crippen molar-refractivity contribution in [1.82, 2.24) is 10.2 Å². The van der Waals surface area contributed by atoms with E-state index in [9.17, 15) is 14.7 Å². The molecule has 1 aliphatic carbocycles. The SMILES string of the molecule is CC1(C)CCCN(C(=O)NCC2CCCC2)C1C(=O)O. The number of carbonyl (C=O) groups excluding carboxylic acids is 1. The van der Waals surface area contributed by atoms with Gasteiger partial charge in [-0.05, 0) is 37.0 Å². The summed E-state index contributed by atoms with van der Waals surface area (Å²) in [5.74, 6) is -0.328. The number of amides is 2. The highest BCUT2D eigenvalue weighted by Gasteiger charge is 2.44. The second-order valence-corrected chi connectivity index (χ2v) is 6.86. The molecule has 1 aliphatic heterocycles. The van der Waals surface area contributed by atoms with Crippen LogP contribution in [-0.4, -0.2) is 41.1 Å². The minimum atomic E-state index is -0.897. The maximum absolute atomic E-state index is 12.3. The van der Waals surface area contributed by atoms with Crippen LogP contribution in [0.3, 0.4) is 0 Å². The Morgan fingerprint density at radius 1 is 1.25 bits per heavy atom. The van der Waals surface area contributed by atoms with Crippen LogP contribution < -0.4 is 5.32 Å². The molecular weight excluding hydrogens is 256 g/mol. The van der Waals surface area contributed by atoms with Gasteiger partial charge in [0.1, 0.15) is 6.04 Å². The van der Waals surface area contributed by atoms with E-state index in [-0.39, 0.29) is 11.4 Å². The van der Waals surface area contributed by atoms with E-state index in [1.165, 1.54) is 30.6 Å². The summed E-state index contributed by atoms with van der Waals surface area (Å²) < 4.78 is 0. The minimum Gasteiger partial charge on any atom is -0.480 e. The second kappa shape index (κ2) is 6.02. The van der Waals surface area contributed by atoms with Gasteiger partial charge in [-0.15, -0.1) is 0 Å². The average molecular weight is 282 g/mol. The molecule has 2 N–H and O–H groups in total. The maximum Gasteiger partial charge on any atom is 0.327 e. The van der Waals surface area contributed by atoms with Crippen molar-refractivity contribution in [2.24, 2.45) is 11.3 Å². The largest absolute Gasteiger partial charge is 0.480 e. The lowest BCUT2D eigenvalue weighted by molar-refractivity contribution is -0.148. The number of rotatable bonds is 3. The number of nitrogens with zero attached hydrogens (tertiary/aromatic N) is 1. The first kappa shape index (κ1) is 15.1. The normalized spacial score (nSPS) is 26.5. The molecule has 1 saturated heterocycles. The van der Waals surface area contributed by atoms with Crippen LogP contribution in [0.15, 0.2) is 0 Å². The first-order chi connectivity index (χ1) is 9.42. The van der Waals surface area contributed by atoms with E-state index >= 15 is 0 Å². The van der Waals surface area contributed by atoms with Gasteiger partial charge < -0.3 is 15.3 Å². The number of hydrogen-bond donors (Lipinski definition) is 2. The lowest BCUT2D eigenvalue weighted by Crippen LogP contribution is -2.59. The first-order valence-corrected chi connectivity index (χ1v) is 7.69. The van der Waals surface area contributed by atoms with Gasteiger partial charge in [-0.2, -0.15) is 0 Å². The van der Waals surface area contributed by atoms with Crippen LogP contribution in [0.25, 0.3) is 0 Å². The fourth-order valence-corrected chi connectivity index (χ4v) is 3.63. The lowest BCUT2D eigenvalue weighted by atomic mass is 9.76. The highest BCUT2D eigenvalue weighted by molar-refractivity contribution is 5.83. The molecule has 5 heteroatoms. The maximum atomic E-state index is 12.3. The van der Waals surface area contributed by atoms with Crippen molar-refractivity contribution in [3.8, 4) is 0 Å². The molecule has 0 radical (unpaired) electrons. The molecule has 5 nitrogen and oxygen atoms in total. The molecule has 2 aliphatic rings. The molecular formula is C15H26N2O3. The molecule has 0 spiro atoms. The molecule has 0 bridgehead atoms. The average Bonchev–Trinajstić information content (AvgIpc) is 2.86. The van der Waals surface area contributed by atoms with Crippen LogP contribution in [0.5, 0.6) is 0 Å². The Morgan fingerprint density at radius 2 is 1.90 bits per heavy atom. The van der Waals surface area contributed by atoms with E-state index in [0.717, 1.165) is 12.8 Å². The monoisotopic (exact) mass is 282 g/mol. The summed E-state index contributed by atoms with van der Waals surface area (Å²) in [4.78, 5) is 25.3. The predicted molar refractivity (Wildman–Crippen MR) is 76.5 cm³/mol. The molecule has 1 unspecified atom stereocenters. The standard InChI is InChI=1S/C15H26N2O3/c1-15(2)8-5-9-17(12(15)13(18)19)14(20)16-10-11-6-3-4-7-11/h11-12H,3-10H2,1-2H3,(H,16,20)(H,18,19). The zero-order chi connectivity index (χ0) is 14.8. The first-order valence-electron chi connectivity index (χ1n) is 7.69. The zero-order valence-corrected chi connectivity index (χ0v) is 12.5. The topological polar surface area (TPSA) is 69.6 Å². The van der Waals surface area contributed by atoms with E-state index in [1.807, 2.05) is 13.8 Å².